The van der Waals surface area contributed by atoms with Gasteiger partial charge in [0, 0.05) is 20.6 Å². The van der Waals surface area contributed by atoms with Crippen LogP contribution < -0.4 is 10.6 Å². The molecular formula is C11H18IN3O2S. The zero-order valence-electron chi connectivity index (χ0n) is 10.4. The highest BCUT2D eigenvalue weighted by atomic mass is 127. The van der Waals surface area contributed by atoms with Crippen LogP contribution in [0.3, 0.4) is 0 Å². The van der Waals surface area contributed by atoms with Gasteiger partial charge >= 0.3 is 0 Å². The van der Waals surface area contributed by atoms with Crippen molar-refractivity contribution in [3.05, 3.63) is 30.3 Å². The maximum atomic E-state index is 11.9. The molecule has 0 saturated carbocycles. The molecule has 0 unspecified atom stereocenters. The molecule has 0 radical (unpaired) electrons. The Morgan fingerprint density at radius 2 is 1.89 bits per heavy atom. The number of guanidine groups is 1. The zero-order valence-corrected chi connectivity index (χ0v) is 13.5. The second kappa shape index (κ2) is 8.30. The first kappa shape index (κ1) is 17.2. The van der Waals surface area contributed by atoms with Gasteiger partial charge in [0.25, 0.3) is 0 Å². The average Bonchev–Trinajstić information content (AvgIpc) is 2.36. The summed E-state index contributed by atoms with van der Waals surface area (Å²) >= 11 is 0. The minimum absolute atomic E-state index is 0. The molecule has 102 valence electrons. The number of benzene rings is 1. The monoisotopic (exact) mass is 383 g/mol. The highest BCUT2D eigenvalue weighted by Gasteiger charge is 2.13. The topological polar surface area (TPSA) is 70.6 Å². The van der Waals surface area contributed by atoms with E-state index in [0.717, 1.165) is 0 Å². The predicted molar refractivity (Wildman–Crippen MR) is 84.3 cm³/mol. The molecule has 0 bridgehead atoms. The van der Waals surface area contributed by atoms with Crippen LogP contribution in [0.15, 0.2) is 40.2 Å². The lowest BCUT2D eigenvalue weighted by Gasteiger charge is -2.08. The van der Waals surface area contributed by atoms with Crippen LogP contribution in [0.2, 0.25) is 0 Å². The summed E-state index contributed by atoms with van der Waals surface area (Å²) in [6, 6.07) is 8.42. The first-order chi connectivity index (χ1) is 8.10. The van der Waals surface area contributed by atoms with Crippen molar-refractivity contribution in [1.29, 1.82) is 0 Å². The van der Waals surface area contributed by atoms with Crippen LogP contribution in [0.1, 0.15) is 0 Å². The van der Waals surface area contributed by atoms with Gasteiger partial charge in [0.2, 0.25) is 0 Å². The summed E-state index contributed by atoms with van der Waals surface area (Å²) in [6.45, 7) is 0.324. The lowest BCUT2D eigenvalue weighted by molar-refractivity contribution is 0.594. The molecule has 0 atom stereocenters. The van der Waals surface area contributed by atoms with Crippen molar-refractivity contribution in [1.82, 2.24) is 10.6 Å². The van der Waals surface area contributed by atoms with E-state index in [0.29, 0.717) is 17.4 Å². The maximum Gasteiger partial charge on any atom is 0.190 e. The van der Waals surface area contributed by atoms with Crippen LogP contribution in [0.4, 0.5) is 0 Å². The van der Waals surface area contributed by atoms with E-state index in [1.54, 1.807) is 44.4 Å². The summed E-state index contributed by atoms with van der Waals surface area (Å²) in [7, 11) is 0.135. The normalized spacial score (nSPS) is 11.6. The van der Waals surface area contributed by atoms with Gasteiger partial charge in [-0.2, -0.15) is 0 Å². The SMILES string of the molecule is CN=C(NC)NCCS(=O)(=O)c1ccccc1.I. The summed E-state index contributed by atoms with van der Waals surface area (Å²) in [5.74, 6) is 0.616. The Labute approximate surface area is 125 Å². The smallest absolute Gasteiger partial charge is 0.190 e. The summed E-state index contributed by atoms with van der Waals surface area (Å²) in [5, 5.41) is 5.73. The molecule has 2 N–H and O–H groups in total. The largest absolute Gasteiger partial charge is 0.359 e. The molecule has 0 saturated heterocycles. The van der Waals surface area contributed by atoms with Gasteiger partial charge in [0.05, 0.1) is 10.6 Å². The highest BCUT2D eigenvalue weighted by Crippen LogP contribution is 2.08. The molecule has 7 heteroatoms. The fourth-order valence-corrected chi connectivity index (χ4v) is 2.51. The minimum Gasteiger partial charge on any atom is -0.359 e. The number of aliphatic imine (C=N–C) groups is 1. The van der Waals surface area contributed by atoms with Gasteiger partial charge in [0.1, 0.15) is 0 Å². The van der Waals surface area contributed by atoms with Crippen LogP contribution in [0, 0.1) is 0 Å². The summed E-state index contributed by atoms with van der Waals surface area (Å²) in [4.78, 5) is 4.25. The fraction of sp³-hybridized carbons (Fsp3) is 0.364. The maximum absolute atomic E-state index is 11.9. The molecular weight excluding hydrogens is 365 g/mol. The Morgan fingerprint density at radius 1 is 1.28 bits per heavy atom. The Hall–Kier alpha value is -0.830. The van der Waals surface area contributed by atoms with Crippen molar-refractivity contribution in [2.24, 2.45) is 4.99 Å². The van der Waals surface area contributed by atoms with Gasteiger partial charge in [-0.05, 0) is 12.1 Å². The first-order valence-corrected chi connectivity index (χ1v) is 6.91. The average molecular weight is 383 g/mol. The Balaban J connectivity index is 0.00000289. The molecule has 1 rings (SSSR count). The number of nitrogens with one attached hydrogen (secondary N) is 2. The van der Waals surface area contributed by atoms with Gasteiger partial charge in [-0.1, -0.05) is 18.2 Å². The quantitative estimate of drug-likeness (QED) is 0.460. The third-order valence-corrected chi connectivity index (χ3v) is 3.96. The van der Waals surface area contributed by atoms with Gasteiger partial charge < -0.3 is 10.6 Å². The lowest BCUT2D eigenvalue weighted by atomic mass is 10.4. The number of halogens is 1. The molecule has 0 heterocycles. The van der Waals surface area contributed by atoms with Crippen LogP contribution >= 0.6 is 24.0 Å². The van der Waals surface area contributed by atoms with Gasteiger partial charge in [-0.3, -0.25) is 4.99 Å². The molecule has 0 amide bonds. The molecule has 5 nitrogen and oxygen atoms in total. The van der Waals surface area contributed by atoms with Crippen molar-refractivity contribution in [3.8, 4) is 0 Å². The minimum atomic E-state index is -3.22. The molecule has 1 aromatic carbocycles. The second-order valence-corrected chi connectivity index (χ2v) is 5.49. The lowest BCUT2D eigenvalue weighted by Crippen LogP contribution is -2.37. The molecule has 0 aliphatic carbocycles. The predicted octanol–water partition coefficient (Wildman–Crippen LogP) is 0.873. The van der Waals surface area contributed by atoms with Gasteiger partial charge in [0.15, 0.2) is 15.8 Å². The van der Waals surface area contributed by atoms with Crippen LogP contribution in [-0.4, -0.2) is 40.8 Å². The van der Waals surface area contributed by atoms with Gasteiger partial charge in [-0.15, -0.1) is 24.0 Å². The standard InChI is InChI=1S/C11H17N3O2S.HI/c1-12-11(13-2)14-8-9-17(15,16)10-6-4-3-5-7-10;/h3-7H,8-9H2,1-2H3,(H2,12,13,14);1H. The molecule has 0 spiro atoms. The van der Waals surface area contributed by atoms with Gasteiger partial charge in [-0.25, -0.2) is 8.42 Å². The fourth-order valence-electron chi connectivity index (χ4n) is 1.33. The van der Waals surface area contributed by atoms with E-state index in [1.165, 1.54) is 0 Å². The van der Waals surface area contributed by atoms with Crippen molar-refractivity contribution >= 4 is 39.8 Å². The molecule has 0 aliphatic rings. The van der Waals surface area contributed by atoms with Crippen molar-refractivity contribution < 1.29 is 8.42 Å². The number of sulfone groups is 1. The molecule has 0 aliphatic heterocycles. The summed E-state index contributed by atoms with van der Waals surface area (Å²) < 4.78 is 23.8. The van der Waals surface area contributed by atoms with Crippen molar-refractivity contribution in [3.63, 3.8) is 0 Å². The number of hydrogen-bond donors (Lipinski definition) is 2. The van der Waals surface area contributed by atoms with Crippen LogP contribution in [-0.2, 0) is 9.84 Å². The number of hydrogen-bond acceptors (Lipinski definition) is 3. The van der Waals surface area contributed by atoms with Crippen LogP contribution in [0.25, 0.3) is 0 Å². The van der Waals surface area contributed by atoms with E-state index >= 15 is 0 Å². The highest BCUT2D eigenvalue weighted by molar-refractivity contribution is 14.0. The molecule has 18 heavy (non-hydrogen) atoms. The summed E-state index contributed by atoms with van der Waals surface area (Å²) in [5.41, 5.74) is 0. The Bertz CT molecular complexity index is 474. The van der Waals surface area contributed by atoms with E-state index in [4.69, 9.17) is 0 Å². The third-order valence-electron chi connectivity index (χ3n) is 2.23. The van der Waals surface area contributed by atoms with E-state index in [-0.39, 0.29) is 29.7 Å². The number of nitrogens with zero attached hydrogens (tertiary/aromatic N) is 1. The Kier molecular flexibility index (Phi) is 7.92. The van der Waals surface area contributed by atoms with E-state index in [2.05, 4.69) is 15.6 Å². The zero-order chi connectivity index (χ0) is 12.7. The van der Waals surface area contributed by atoms with Crippen LogP contribution in [0.5, 0.6) is 0 Å². The molecule has 0 fully saturated rings. The summed E-state index contributed by atoms with van der Waals surface area (Å²) in [6.07, 6.45) is 0. The second-order valence-electron chi connectivity index (χ2n) is 3.38. The molecule has 1 aromatic rings. The van der Waals surface area contributed by atoms with E-state index in [1.807, 2.05) is 0 Å². The van der Waals surface area contributed by atoms with E-state index < -0.39 is 9.84 Å². The van der Waals surface area contributed by atoms with Crippen molar-refractivity contribution in [2.75, 3.05) is 26.4 Å². The number of rotatable bonds is 4. The van der Waals surface area contributed by atoms with E-state index in [9.17, 15) is 8.42 Å². The van der Waals surface area contributed by atoms with Crippen molar-refractivity contribution in [2.45, 2.75) is 4.90 Å². The first-order valence-electron chi connectivity index (χ1n) is 5.26. The third kappa shape index (κ3) is 5.21. The molecule has 0 aromatic heterocycles. The Morgan fingerprint density at radius 3 is 2.39 bits per heavy atom.